The van der Waals surface area contributed by atoms with Crippen LogP contribution >= 0.6 is 11.8 Å². The third-order valence-corrected chi connectivity index (χ3v) is 3.76. The van der Waals surface area contributed by atoms with Crippen LogP contribution in [0.5, 0.6) is 0 Å². The second kappa shape index (κ2) is 7.01. The lowest BCUT2D eigenvalue weighted by Crippen LogP contribution is -2.14. The molecule has 0 saturated heterocycles. The van der Waals surface area contributed by atoms with E-state index in [9.17, 15) is 4.79 Å². The molecule has 0 aromatic carbocycles. The summed E-state index contributed by atoms with van der Waals surface area (Å²) in [6, 6.07) is 9.09. The van der Waals surface area contributed by atoms with Crippen molar-refractivity contribution in [2.75, 3.05) is 11.1 Å². The smallest absolute Gasteiger partial charge is 0.236 e. The molecule has 3 aromatic heterocycles. The van der Waals surface area contributed by atoms with E-state index in [1.165, 1.54) is 11.8 Å². The van der Waals surface area contributed by atoms with Gasteiger partial charge in [0.05, 0.1) is 11.4 Å². The largest absolute Gasteiger partial charge is 0.360 e. The first-order valence-electron chi connectivity index (χ1n) is 6.81. The number of hydrogen-bond acceptors (Lipinski definition) is 7. The Morgan fingerprint density at radius 1 is 1.30 bits per heavy atom. The van der Waals surface area contributed by atoms with Crippen LogP contribution in [0.4, 0.5) is 5.82 Å². The lowest BCUT2D eigenvalue weighted by molar-refractivity contribution is -0.113. The van der Waals surface area contributed by atoms with Crippen LogP contribution in [-0.4, -0.2) is 32.0 Å². The number of aromatic nitrogens is 4. The Morgan fingerprint density at radius 3 is 2.87 bits per heavy atom. The molecule has 7 nitrogen and oxygen atoms in total. The van der Waals surface area contributed by atoms with Gasteiger partial charge in [0.25, 0.3) is 0 Å². The topological polar surface area (TPSA) is 93.8 Å². The molecule has 1 amide bonds. The van der Waals surface area contributed by atoms with E-state index in [4.69, 9.17) is 4.52 Å². The number of amides is 1. The summed E-state index contributed by atoms with van der Waals surface area (Å²) < 4.78 is 4.88. The number of nitrogens with zero attached hydrogens (tertiary/aromatic N) is 4. The Balaban J connectivity index is 1.55. The number of pyridine rings is 1. The Hall–Kier alpha value is -2.74. The van der Waals surface area contributed by atoms with Gasteiger partial charge in [-0.2, -0.15) is 0 Å². The van der Waals surface area contributed by atoms with Gasteiger partial charge < -0.3 is 9.84 Å². The molecule has 0 radical (unpaired) electrons. The molecule has 3 rings (SSSR count). The van der Waals surface area contributed by atoms with Gasteiger partial charge in [0, 0.05) is 24.0 Å². The SMILES string of the molecule is Cc1cc(NC(=O)CSc2ccc(-c3cccnc3)nn2)no1. The zero-order chi connectivity index (χ0) is 16.1. The quantitative estimate of drug-likeness (QED) is 0.720. The van der Waals surface area contributed by atoms with Crippen molar-refractivity contribution in [2.24, 2.45) is 0 Å². The summed E-state index contributed by atoms with van der Waals surface area (Å²) in [5, 5.41) is 15.3. The number of hydrogen-bond donors (Lipinski definition) is 1. The standard InChI is InChI=1S/C15H13N5O2S/c1-10-7-13(20-22-10)17-14(21)9-23-15-5-4-12(18-19-15)11-3-2-6-16-8-11/h2-8H,9H2,1H3,(H,17,20,21). The van der Waals surface area contributed by atoms with Crippen molar-refractivity contribution in [1.29, 1.82) is 0 Å². The molecule has 0 bridgehead atoms. The van der Waals surface area contributed by atoms with Crippen LogP contribution in [0.15, 0.2) is 52.3 Å². The van der Waals surface area contributed by atoms with Gasteiger partial charge in [-0.1, -0.05) is 16.9 Å². The average Bonchev–Trinajstić information content (AvgIpc) is 2.99. The van der Waals surface area contributed by atoms with E-state index < -0.39 is 0 Å². The van der Waals surface area contributed by atoms with Crippen LogP contribution < -0.4 is 5.32 Å². The molecular formula is C15H13N5O2S. The Kier molecular flexibility index (Phi) is 4.62. The minimum atomic E-state index is -0.179. The molecule has 23 heavy (non-hydrogen) atoms. The second-order valence-electron chi connectivity index (χ2n) is 4.66. The van der Waals surface area contributed by atoms with Gasteiger partial charge in [-0.25, -0.2) is 0 Å². The van der Waals surface area contributed by atoms with Crippen molar-refractivity contribution in [3.63, 3.8) is 0 Å². The highest BCUT2D eigenvalue weighted by atomic mass is 32.2. The van der Waals surface area contributed by atoms with Crippen molar-refractivity contribution < 1.29 is 9.32 Å². The number of anilines is 1. The molecule has 0 fully saturated rings. The number of nitrogens with one attached hydrogen (secondary N) is 1. The van der Waals surface area contributed by atoms with Gasteiger partial charge in [0.2, 0.25) is 5.91 Å². The van der Waals surface area contributed by atoms with Crippen LogP contribution in [-0.2, 0) is 4.79 Å². The van der Waals surface area contributed by atoms with Crippen LogP contribution in [0.3, 0.4) is 0 Å². The number of rotatable bonds is 5. The van der Waals surface area contributed by atoms with Crippen LogP contribution in [0.2, 0.25) is 0 Å². The summed E-state index contributed by atoms with van der Waals surface area (Å²) in [6.45, 7) is 1.76. The van der Waals surface area contributed by atoms with Crippen molar-refractivity contribution in [3.05, 3.63) is 48.5 Å². The molecule has 0 saturated carbocycles. The van der Waals surface area contributed by atoms with E-state index in [2.05, 4.69) is 25.7 Å². The highest BCUT2D eigenvalue weighted by Gasteiger charge is 2.08. The fraction of sp³-hybridized carbons (Fsp3) is 0.133. The van der Waals surface area contributed by atoms with E-state index in [1.807, 2.05) is 24.3 Å². The Labute approximate surface area is 136 Å². The highest BCUT2D eigenvalue weighted by molar-refractivity contribution is 7.99. The fourth-order valence-corrected chi connectivity index (χ4v) is 2.42. The molecule has 0 unspecified atom stereocenters. The third kappa shape index (κ3) is 4.13. The van der Waals surface area contributed by atoms with Crippen molar-refractivity contribution >= 4 is 23.5 Å². The van der Waals surface area contributed by atoms with E-state index >= 15 is 0 Å². The summed E-state index contributed by atoms with van der Waals surface area (Å²) in [6.07, 6.45) is 3.43. The zero-order valence-corrected chi connectivity index (χ0v) is 13.1. The van der Waals surface area contributed by atoms with Crippen LogP contribution in [0.25, 0.3) is 11.3 Å². The number of aryl methyl sites for hydroxylation is 1. The van der Waals surface area contributed by atoms with E-state index in [0.29, 0.717) is 16.6 Å². The summed E-state index contributed by atoms with van der Waals surface area (Å²) in [4.78, 5) is 15.9. The van der Waals surface area contributed by atoms with Crippen LogP contribution in [0, 0.1) is 6.92 Å². The second-order valence-corrected chi connectivity index (χ2v) is 5.65. The predicted octanol–water partition coefficient (Wildman–Crippen LogP) is 2.57. The van der Waals surface area contributed by atoms with Gasteiger partial charge >= 0.3 is 0 Å². The maximum atomic E-state index is 11.8. The lowest BCUT2D eigenvalue weighted by Gasteiger charge is -2.02. The Morgan fingerprint density at radius 2 is 2.22 bits per heavy atom. The minimum Gasteiger partial charge on any atom is -0.360 e. The first-order valence-corrected chi connectivity index (χ1v) is 7.79. The predicted molar refractivity (Wildman–Crippen MR) is 85.9 cm³/mol. The maximum Gasteiger partial charge on any atom is 0.236 e. The number of carbonyl (C=O) groups excluding carboxylic acids is 1. The van der Waals surface area contributed by atoms with Gasteiger partial charge in [-0.3, -0.25) is 9.78 Å². The third-order valence-electron chi connectivity index (χ3n) is 2.84. The van der Waals surface area contributed by atoms with Gasteiger partial charge in [-0.05, 0) is 31.2 Å². The monoisotopic (exact) mass is 327 g/mol. The minimum absolute atomic E-state index is 0.179. The zero-order valence-electron chi connectivity index (χ0n) is 12.3. The summed E-state index contributed by atoms with van der Waals surface area (Å²) in [5.74, 6) is 1.09. The first-order chi connectivity index (χ1) is 11.2. The van der Waals surface area contributed by atoms with Crippen LogP contribution in [0.1, 0.15) is 5.76 Å². The van der Waals surface area contributed by atoms with Crippen molar-refractivity contribution in [2.45, 2.75) is 11.9 Å². The first kappa shape index (κ1) is 15.2. The summed E-state index contributed by atoms with van der Waals surface area (Å²) in [7, 11) is 0. The fourth-order valence-electron chi connectivity index (χ4n) is 1.81. The molecule has 0 aliphatic heterocycles. The van der Waals surface area contributed by atoms with Gasteiger partial charge in [-0.15, -0.1) is 10.2 Å². The average molecular weight is 327 g/mol. The molecule has 3 aromatic rings. The molecule has 1 N–H and O–H groups in total. The summed E-state index contributed by atoms with van der Waals surface area (Å²) >= 11 is 1.30. The van der Waals surface area contributed by atoms with E-state index in [0.717, 1.165) is 11.3 Å². The van der Waals surface area contributed by atoms with Gasteiger partial charge in [0.1, 0.15) is 10.8 Å². The molecule has 116 valence electrons. The molecule has 0 spiro atoms. The normalized spacial score (nSPS) is 10.5. The molecule has 0 aliphatic carbocycles. The maximum absolute atomic E-state index is 11.8. The van der Waals surface area contributed by atoms with Gasteiger partial charge in [0.15, 0.2) is 5.82 Å². The number of thioether (sulfide) groups is 1. The van der Waals surface area contributed by atoms with Crippen molar-refractivity contribution in [3.8, 4) is 11.3 Å². The van der Waals surface area contributed by atoms with Crippen molar-refractivity contribution in [1.82, 2.24) is 20.3 Å². The highest BCUT2D eigenvalue weighted by Crippen LogP contribution is 2.19. The van der Waals surface area contributed by atoms with E-state index in [-0.39, 0.29) is 11.7 Å². The Bertz CT molecular complexity index is 789. The van der Waals surface area contributed by atoms with E-state index in [1.54, 1.807) is 25.4 Å². The molecular weight excluding hydrogens is 314 g/mol. The number of carbonyl (C=O) groups is 1. The molecule has 8 heteroatoms. The lowest BCUT2D eigenvalue weighted by atomic mass is 10.2. The molecule has 3 heterocycles. The molecule has 0 atom stereocenters. The summed E-state index contributed by atoms with van der Waals surface area (Å²) in [5.41, 5.74) is 1.64. The molecule has 0 aliphatic rings.